The van der Waals surface area contributed by atoms with E-state index in [9.17, 15) is 19.2 Å². The van der Waals surface area contributed by atoms with Crippen molar-refractivity contribution in [3.63, 3.8) is 0 Å². The van der Waals surface area contributed by atoms with Gasteiger partial charge >= 0.3 is 11.9 Å². The lowest BCUT2D eigenvalue weighted by atomic mass is 9.99. The van der Waals surface area contributed by atoms with Crippen LogP contribution in [0.4, 0.5) is 0 Å². The van der Waals surface area contributed by atoms with Crippen molar-refractivity contribution >= 4 is 23.8 Å². The molecule has 0 heterocycles. The van der Waals surface area contributed by atoms with Gasteiger partial charge in [-0.25, -0.2) is 5.48 Å². The standard InChI is InChI=1S/C17H30N2O7/c1-10(15(23)24)18-14(22)11(9-13(21)25-16(2,3)4)8-12(20)19-26-17(5,6)7/h10-11H,8-9H2,1-7H3,(H,18,22)(H,19,20)(H,23,24)/t10-,11+/m0/s1. The zero-order chi connectivity index (χ0) is 20.7. The number of nitrogens with one attached hydrogen (secondary N) is 2. The monoisotopic (exact) mass is 374 g/mol. The topological polar surface area (TPSA) is 131 Å². The van der Waals surface area contributed by atoms with E-state index in [1.54, 1.807) is 41.5 Å². The minimum Gasteiger partial charge on any atom is -0.480 e. The summed E-state index contributed by atoms with van der Waals surface area (Å²) in [5, 5.41) is 11.2. The third kappa shape index (κ3) is 11.4. The highest BCUT2D eigenvalue weighted by atomic mass is 16.7. The molecule has 9 nitrogen and oxygen atoms in total. The van der Waals surface area contributed by atoms with Gasteiger partial charge < -0.3 is 15.2 Å². The Morgan fingerprint density at radius 1 is 0.962 bits per heavy atom. The highest BCUT2D eigenvalue weighted by Crippen LogP contribution is 2.16. The third-order valence-electron chi connectivity index (χ3n) is 2.84. The van der Waals surface area contributed by atoms with Gasteiger partial charge in [-0.15, -0.1) is 0 Å². The minimum atomic E-state index is -1.23. The molecule has 0 saturated heterocycles. The number of rotatable bonds is 8. The van der Waals surface area contributed by atoms with E-state index in [0.717, 1.165) is 0 Å². The summed E-state index contributed by atoms with van der Waals surface area (Å²) >= 11 is 0. The zero-order valence-corrected chi connectivity index (χ0v) is 16.5. The van der Waals surface area contributed by atoms with E-state index in [4.69, 9.17) is 14.7 Å². The van der Waals surface area contributed by atoms with Crippen molar-refractivity contribution in [1.82, 2.24) is 10.8 Å². The smallest absolute Gasteiger partial charge is 0.325 e. The number of ether oxygens (including phenoxy) is 1. The Hall–Kier alpha value is -2.16. The molecule has 0 aromatic carbocycles. The predicted molar refractivity (Wildman–Crippen MR) is 92.8 cm³/mol. The highest BCUT2D eigenvalue weighted by molar-refractivity contribution is 5.90. The number of esters is 1. The molecule has 0 unspecified atom stereocenters. The van der Waals surface area contributed by atoms with Gasteiger partial charge in [-0.3, -0.25) is 24.0 Å². The van der Waals surface area contributed by atoms with Crippen LogP contribution in [0.3, 0.4) is 0 Å². The van der Waals surface area contributed by atoms with E-state index in [1.165, 1.54) is 6.92 Å². The number of carbonyl (C=O) groups is 4. The molecule has 2 atom stereocenters. The van der Waals surface area contributed by atoms with Crippen LogP contribution in [0.1, 0.15) is 61.3 Å². The molecule has 0 rings (SSSR count). The lowest BCUT2D eigenvalue weighted by molar-refractivity contribution is -0.158. The molecule has 0 spiro atoms. The van der Waals surface area contributed by atoms with Gasteiger partial charge in [0.2, 0.25) is 11.8 Å². The van der Waals surface area contributed by atoms with Crippen LogP contribution in [0.25, 0.3) is 0 Å². The second kappa shape index (κ2) is 9.51. The molecule has 0 saturated carbocycles. The van der Waals surface area contributed by atoms with Crippen molar-refractivity contribution in [3.8, 4) is 0 Å². The molecule has 0 aliphatic rings. The molecule has 0 aliphatic carbocycles. The van der Waals surface area contributed by atoms with Crippen molar-refractivity contribution in [2.24, 2.45) is 5.92 Å². The minimum absolute atomic E-state index is 0.354. The fraction of sp³-hybridized carbons (Fsp3) is 0.765. The molecule has 0 aliphatic heterocycles. The van der Waals surface area contributed by atoms with Gasteiger partial charge in [0.15, 0.2) is 0 Å². The summed E-state index contributed by atoms with van der Waals surface area (Å²) < 4.78 is 5.17. The molecule has 26 heavy (non-hydrogen) atoms. The first-order valence-corrected chi connectivity index (χ1v) is 8.32. The van der Waals surface area contributed by atoms with Crippen LogP contribution in [0.2, 0.25) is 0 Å². The lowest BCUT2D eigenvalue weighted by Gasteiger charge is -2.23. The Kier molecular flexibility index (Phi) is 8.72. The van der Waals surface area contributed by atoms with Gasteiger partial charge in [-0.2, -0.15) is 0 Å². The van der Waals surface area contributed by atoms with Crippen LogP contribution >= 0.6 is 0 Å². The van der Waals surface area contributed by atoms with Crippen LogP contribution in [0.5, 0.6) is 0 Å². The van der Waals surface area contributed by atoms with Gasteiger partial charge in [0, 0.05) is 6.42 Å². The van der Waals surface area contributed by atoms with Gasteiger partial charge in [-0.05, 0) is 48.5 Å². The Bertz CT molecular complexity index is 532. The van der Waals surface area contributed by atoms with Crippen LogP contribution in [-0.4, -0.2) is 46.1 Å². The van der Waals surface area contributed by atoms with Gasteiger partial charge in [0.25, 0.3) is 0 Å². The highest BCUT2D eigenvalue weighted by Gasteiger charge is 2.29. The fourth-order valence-electron chi connectivity index (χ4n) is 1.71. The number of hydroxylamine groups is 1. The van der Waals surface area contributed by atoms with Crippen molar-refractivity contribution in [1.29, 1.82) is 0 Å². The molecule has 0 aromatic heterocycles. The molecule has 150 valence electrons. The van der Waals surface area contributed by atoms with Gasteiger partial charge in [0.1, 0.15) is 11.6 Å². The maximum Gasteiger partial charge on any atom is 0.325 e. The van der Waals surface area contributed by atoms with E-state index in [2.05, 4.69) is 10.8 Å². The number of hydrogen-bond acceptors (Lipinski definition) is 6. The van der Waals surface area contributed by atoms with Crippen LogP contribution in [-0.2, 0) is 28.8 Å². The Morgan fingerprint density at radius 2 is 1.50 bits per heavy atom. The average molecular weight is 374 g/mol. The summed E-state index contributed by atoms with van der Waals surface area (Å²) in [6.07, 6.45) is -0.716. The SMILES string of the molecule is C[C@H](NC(=O)[C@H](CC(=O)NOC(C)(C)C)CC(=O)OC(C)(C)C)C(=O)O. The number of carbonyl (C=O) groups excluding carboxylic acids is 3. The second-order valence-corrected chi connectivity index (χ2v) is 8.00. The Morgan fingerprint density at radius 3 is 1.92 bits per heavy atom. The molecular formula is C17H30N2O7. The lowest BCUT2D eigenvalue weighted by Crippen LogP contribution is -2.44. The van der Waals surface area contributed by atoms with E-state index in [0.29, 0.717) is 0 Å². The Labute approximate surface area is 153 Å². The molecule has 3 N–H and O–H groups in total. The summed E-state index contributed by atoms with van der Waals surface area (Å²) in [5.41, 5.74) is 0.844. The third-order valence-corrected chi connectivity index (χ3v) is 2.84. The van der Waals surface area contributed by atoms with E-state index in [1.807, 2.05) is 0 Å². The second-order valence-electron chi connectivity index (χ2n) is 8.00. The zero-order valence-electron chi connectivity index (χ0n) is 16.5. The number of aliphatic carboxylic acids is 1. The largest absolute Gasteiger partial charge is 0.480 e. The predicted octanol–water partition coefficient (Wildman–Crippen LogP) is 1.16. The number of amides is 2. The molecule has 2 amide bonds. The normalized spacial score (nSPS) is 14.1. The van der Waals surface area contributed by atoms with Crippen LogP contribution in [0, 0.1) is 5.92 Å². The first-order valence-electron chi connectivity index (χ1n) is 8.32. The summed E-state index contributed by atoms with van der Waals surface area (Å²) in [6.45, 7) is 11.5. The van der Waals surface area contributed by atoms with Crippen LogP contribution < -0.4 is 10.8 Å². The maximum absolute atomic E-state index is 12.3. The number of carboxylic acid groups (broad SMARTS) is 1. The maximum atomic E-state index is 12.3. The molecule has 9 heteroatoms. The summed E-state index contributed by atoms with van der Waals surface area (Å²) in [5.74, 6) is -4.31. The molecular weight excluding hydrogens is 344 g/mol. The van der Waals surface area contributed by atoms with E-state index >= 15 is 0 Å². The fourth-order valence-corrected chi connectivity index (χ4v) is 1.71. The molecule has 0 aromatic rings. The van der Waals surface area contributed by atoms with E-state index < -0.39 is 46.9 Å². The number of carboxylic acids is 1. The number of hydrogen-bond donors (Lipinski definition) is 3. The van der Waals surface area contributed by atoms with Gasteiger partial charge in [-0.1, -0.05) is 0 Å². The van der Waals surface area contributed by atoms with Crippen LogP contribution in [0.15, 0.2) is 0 Å². The van der Waals surface area contributed by atoms with Crippen molar-refractivity contribution in [2.45, 2.75) is 78.6 Å². The van der Waals surface area contributed by atoms with Crippen molar-refractivity contribution < 1.29 is 33.9 Å². The molecule has 0 fully saturated rings. The average Bonchev–Trinajstić information content (AvgIpc) is 2.41. The summed E-state index contributed by atoms with van der Waals surface area (Å²) in [7, 11) is 0. The molecule has 0 radical (unpaired) electrons. The van der Waals surface area contributed by atoms with E-state index in [-0.39, 0.29) is 12.8 Å². The van der Waals surface area contributed by atoms with Gasteiger partial charge in [0.05, 0.1) is 17.9 Å². The quantitative estimate of drug-likeness (QED) is 0.429. The first kappa shape index (κ1) is 23.8. The van der Waals surface area contributed by atoms with Crippen molar-refractivity contribution in [3.05, 3.63) is 0 Å². The Balaban J connectivity index is 5.03. The van der Waals surface area contributed by atoms with Crippen molar-refractivity contribution in [2.75, 3.05) is 0 Å². The summed E-state index contributed by atoms with van der Waals surface area (Å²) in [6, 6.07) is -1.16. The summed E-state index contributed by atoms with van der Waals surface area (Å²) in [4.78, 5) is 52.3. The molecule has 0 bridgehead atoms. The first-order chi connectivity index (χ1) is 11.6.